The lowest BCUT2D eigenvalue weighted by Crippen LogP contribution is -2.28. The summed E-state index contributed by atoms with van der Waals surface area (Å²) < 4.78 is 49.3. The molecule has 0 saturated carbocycles. The summed E-state index contributed by atoms with van der Waals surface area (Å²) in [6, 6.07) is 10.2. The fourth-order valence-electron chi connectivity index (χ4n) is 5.83. The summed E-state index contributed by atoms with van der Waals surface area (Å²) in [5.74, 6) is -0.431. The normalized spacial score (nSPS) is 15.8. The SMILES string of the molecule is Cc1nnn(C)c1-c1cnc2c3ccc(CS(C)(=O)=O)cc3n([C@H](c3ncccc3F)C3CCOCC3)c2c1. The van der Waals surface area contributed by atoms with Gasteiger partial charge in [0, 0.05) is 49.9 Å². The summed E-state index contributed by atoms with van der Waals surface area (Å²) in [5, 5.41) is 9.22. The Labute approximate surface area is 225 Å². The summed E-state index contributed by atoms with van der Waals surface area (Å²) >= 11 is 0. The van der Waals surface area contributed by atoms with Crippen LogP contribution < -0.4 is 0 Å². The lowest BCUT2D eigenvalue weighted by molar-refractivity contribution is 0.0543. The topological polar surface area (TPSA) is 105 Å². The number of hydrogen-bond acceptors (Lipinski definition) is 7. The van der Waals surface area contributed by atoms with Crippen LogP contribution in [0.1, 0.15) is 35.8 Å². The number of nitrogens with zero attached hydrogens (tertiary/aromatic N) is 6. The molecule has 6 rings (SSSR count). The van der Waals surface area contributed by atoms with E-state index < -0.39 is 15.9 Å². The van der Waals surface area contributed by atoms with Gasteiger partial charge in [0.15, 0.2) is 9.84 Å². The maximum absolute atomic E-state index is 15.5. The van der Waals surface area contributed by atoms with Gasteiger partial charge in [-0.3, -0.25) is 9.97 Å². The van der Waals surface area contributed by atoms with Gasteiger partial charge in [0.05, 0.1) is 45.4 Å². The first-order chi connectivity index (χ1) is 18.7. The summed E-state index contributed by atoms with van der Waals surface area (Å²) in [6.45, 7) is 3.05. The lowest BCUT2D eigenvalue weighted by Gasteiger charge is -2.32. The highest BCUT2D eigenvalue weighted by Gasteiger charge is 2.33. The molecule has 9 nitrogen and oxygen atoms in total. The Morgan fingerprint density at radius 2 is 1.92 bits per heavy atom. The van der Waals surface area contributed by atoms with Gasteiger partial charge < -0.3 is 9.30 Å². The molecule has 1 fully saturated rings. The third-order valence-electron chi connectivity index (χ3n) is 7.46. The van der Waals surface area contributed by atoms with Crippen LogP contribution in [0.25, 0.3) is 33.2 Å². The van der Waals surface area contributed by atoms with Crippen molar-refractivity contribution in [3.05, 3.63) is 71.6 Å². The van der Waals surface area contributed by atoms with Crippen LogP contribution in [0, 0.1) is 18.7 Å². The molecule has 0 spiro atoms. The summed E-state index contributed by atoms with van der Waals surface area (Å²) in [6.07, 6.45) is 6.11. The van der Waals surface area contributed by atoms with Gasteiger partial charge in [0.1, 0.15) is 5.82 Å². The first-order valence-corrected chi connectivity index (χ1v) is 14.9. The standard InChI is InChI=1S/C28H29FN6O3S/c1-17-27(34(2)33-32-17)20-14-24-25(31-15-20)21-7-6-18(16-39(3,36)37)13-23(21)35(24)28(19-8-11-38-12-9-19)26-22(29)5-4-10-30-26/h4-7,10,13-15,19,28H,8-9,11-12,16H2,1-3H3/t28-/m0/s1. The Balaban J connectivity index is 1.69. The molecule has 0 amide bonds. The zero-order chi connectivity index (χ0) is 27.3. The zero-order valence-corrected chi connectivity index (χ0v) is 22.8. The fourth-order valence-corrected chi connectivity index (χ4v) is 6.62. The first kappa shape index (κ1) is 25.6. The van der Waals surface area contributed by atoms with E-state index in [0.717, 1.165) is 51.7 Å². The third kappa shape index (κ3) is 4.70. The highest BCUT2D eigenvalue weighted by molar-refractivity contribution is 7.89. The van der Waals surface area contributed by atoms with Gasteiger partial charge in [-0.2, -0.15) is 0 Å². The number of aryl methyl sites for hydroxylation is 2. The predicted octanol–water partition coefficient (Wildman–Crippen LogP) is 4.39. The van der Waals surface area contributed by atoms with E-state index in [9.17, 15) is 8.42 Å². The smallest absolute Gasteiger partial charge is 0.151 e. The molecular weight excluding hydrogens is 519 g/mol. The average molecular weight is 549 g/mol. The van der Waals surface area contributed by atoms with E-state index >= 15 is 4.39 Å². The van der Waals surface area contributed by atoms with E-state index in [1.807, 2.05) is 38.2 Å². The Kier molecular flexibility index (Phi) is 6.43. The number of halogens is 1. The van der Waals surface area contributed by atoms with E-state index in [4.69, 9.17) is 9.72 Å². The first-order valence-electron chi connectivity index (χ1n) is 12.9. The minimum atomic E-state index is -3.26. The molecule has 0 radical (unpaired) electrons. The molecule has 0 aliphatic carbocycles. The number of ether oxygens (including phenoxy) is 1. The molecule has 1 aliphatic heterocycles. The minimum Gasteiger partial charge on any atom is -0.381 e. The number of aromatic nitrogens is 6. The number of sulfone groups is 1. The maximum Gasteiger partial charge on any atom is 0.151 e. The molecule has 1 atom stereocenters. The van der Waals surface area contributed by atoms with Crippen LogP contribution in [-0.2, 0) is 27.4 Å². The molecule has 4 aromatic heterocycles. The molecular formula is C28H29FN6O3S. The predicted molar refractivity (Wildman–Crippen MR) is 146 cm³/mol. The van der Waals surface area contributed by atoms with Crippen molar-refractivity contribution in [3.63, 3.8) is 0 Å². The van der Waals surface area contributed by atoms with Crippen molar-refractivity contribution in [2.24, 2.45) is 13.0 Å². The second kappa shape index (κ2) is 9.80. The Morgan fingerprint density at radius 1 is 1.13 bits per heavy atom. The van der Waals surface area contributed by atoms with Crippen LogP contribution in [0.15, 0.2) is 48.8 Å². The molecule has 0 N–H and O–H groups in total. The van der Waals surface area contributed by atoms with Crippen LogP contribution >= 0.6 is 0 Å². The van der Waals surface area contributed by atoms with Gasteiger partial charge in [0.2, 0.25) is 0 Å². The number of pyridine rings is 2. The minimum absolute atomic E-state index is 0.0456. The van der Waals surface area contributed by atoms with Crippen LogP contribution in [0.2, 0.25) is 0 Å². The molecule has 0 unspecified atom stereocenters. The molecule has 39 heavy (non-hydrogen) atoms. The van der Waals surface area contributed by atoms with Crippen molar-refractivity contribution in [2.75, 3.05) is 19.5 Å². The zero-order valence-electron chi connectivity index (χ0n) is 22.0. The molecule has 5 heterocycles. The maximum atomic E-state index is 15.5. The van der Waals surface area contributed by atoms with E-state index in [2.05, 4.69) is 19.9 Å². The van der Waals surface area contributed by atoms with Crippen molar-refractivity contribution in [3.8, 4) is 11.3 Å². The molecule has 1 saturated heterocycles. The fraction of sp³-hybridized carbons (Fsp3) is 0.357. The van der Waals surface area contributed by atoms with Gasteiger partial charge in [-0.05, 0) is 55.5 Å². The number of hydrogen-bond donors (Lipinski definition) is 0. The van der Waals surface area contributed by atoms with E-state index in [1.165, 1.54) is 12.3 Å². The third-order valence-corrected chi connectivity index (χ3v) is 8.32. The summed E-state index contributed by atoms with van der Waals surface area (Å²) in [4.78, 5) is 9.40. The molecule has 0 bridgehead atoms. The van der Waals surface area contributed by atoms with Crippen molar-refractivity contribution >= 4 is 31.8 Å². The lowest BCUT2D eigenvalue weighted by atomic mass is 9.88. The molecule has 5 aromatic rings. The van der Waals surface area contributed by atoms with E-state index in [-0.39, 0.29) is 17.5 Å². The quantitative estimate of drug-likeness (QED) is 0.310. The number of benzene rings is 1. The number of fused-ring (bicyclic) bond motifs is 3. The second-order valence-corrected chi connectivity index (χ2v) is 12.4. The van der Waals surface area contributed by atoms with E-state index in [0.29, 0.717) is 24.5 Å². The summed E-state index contributed by atoms with van der Waals surface area (Å²) in [5.41, 5.74) is 5.80. The molecule has 1 aliphatic rings. The van der Waals surface area contributed by atoms with Crippen molar-refractivity contribution in [1.82, 2.24) is 29.5 Å². The average Bonchev–Trinajstić information content (AvgIpc) is 3.40. The van der Waals surface area contributed by atoms with Crippen LogP contribution in [0.3, 0.4) is 0 Å². The van der Waals surface area contributed by atoms with Gasteiger partial charge in [-0.25, -0.2) is 17.5 Å². The Bertz CT molecular complexity index is 1790. The van der Waals surface area contributed by atoms with Gasteiger partial charge in [-0.15, -0.1) is 5.10 Å². The van der Waals surface area contributed by atoms with Gasteiger partial charge in [0.25, 0.3) is 0 Å². The van der Waals surface area contributed by atoms with Crippen molar-refractivity contribution in [2.45, 2.75) is 31.6 Å². The van der Waals surface area contributed by atoms with Gasteiger partial charge >= 0.3 is 0 Å². The number of rotatable bonds is 6. The molecule has 1 aromatic carbocycles. The van der Waals surface area contributed by atoms with Crippen LogP contribution in [0.5, 0.6) is 0 Å². The largest absolute Gasteiger partial charge is 0.381 e. The molecule has 11 heteroatoms. The van der Waals surface area contributed by atoms with Crippen molar-refractivity contribution < 1.29 is 17.5 Å². The highest BCUT2D eigenvalue weighted by atomic mass is 32.2. The van der Waals surface area contributed by atoms with Crippen LogP contribution in [0.4, 0.5) is 4.39 Å². The van der Waals surface area contributed by atoms with Gasteiger partial charge in [-0.1, -0.05) is 17.3 Å². The van der Waals surface area contributed by atoms with Crippen molar-refractivity contribution in [1.29, 1.82) is 0 Å². The highest BCUT2D eigenvalue weighted by Crippen LogP contribution is 2.41. The monoisotopic (exact) mass is 548 g/mol. The summed E-state index contributed by atoms with van der Waals surface area (Å²) in [7, 11) is -1.43. The second-order valence-electron chi connectivity index (χ2n) is 10.3. The van der Waals surface area contributed by atoms with E-state index in [1.54, 1.807) is 23.1 Å². The molecule has 202 valence electrons. The Hall–Kier alpha value is -3.70. The van der Waals surface area contributed by atoms with Crippen LogP contribution in [-0.4, -0.2) is 57.4 Å². The Morgan fingerprint density at radius 3 is 2.62 bits per heavy atom.